The van der Waals surface area contributed by atoms with Gasteiger partial charge in [0, 0.05) is 6.04 Å². The molecule has 0 aliphatic heterocycles. The lowest BCUT2D eigenvalue weighted by Gasteiger charge is -2.24. The number of hydrogen-bond donors (Lipinski definition) is 1. The first-order chi connectivity index (χ1) is 9.68. The molecular formula is C19H31NO. The number of hydrogen-bond acceptors (Lipinski definition) is 2. The third-order valence-electron chi connectivity index (χ3n) is 6.01. The van der Waals surface area contributed by atoms with E-state index in [-0.39, 0.29) is 0 Å². The fraction of sp³-hybridized carbons (Fsp3) is 0.684. The molecule has 0 spiro atoms. The summed E-state index contributed by atoms with van der Waals surface area (Å²) in [6.07, 6.45) is 0. The lowest BCUT2D eigenvalue weighted by molar-refractivity contribution is 0.404. The number of benzene rings is 1. The molecule has 2 nitrogen and oxygen atoms in total. The second-order valence-electron chi connectivity index (χ2n) is 7.63. The van der Waals surface area contributed by atoms with Crippen molar-refractivity contribution in [1.29, 1.82) is 0 Å². The van der Waals surface area contributed by atoms with Crippen molar-refractivity contribution in [2.24, 2.45) is 16.7 Å². The van der Waals surface area contributed by atoms with Crippen LogP contribution in [0, 0.1) is 30.6 Å². The molecule has 1 N–H and O–H groups in total. The van der Waals surface area contributed by atoms with Crippen LogP contribution >= 0.6 is 0 Å². The van der Waals surface area contributed by atoms with Crippen molar-refractivity contribution < 1.29 is 4.74 Å². The molecule has 1 fully saturated rings. The van der Waals surface area contributed by atoms with Gasteiger partial charge in [0.1, 0.15) is 5.75 Å². The van der Waals surface area contributed by atoms with Crippen molar-refractivity contribution >= 4 is 0 Å². The molecule has 0 saturated heterocycles. The van der Waals surface area contributed by atoms with E-state index in [1.807, 2.05) is 0 Å². The number of rotatable bonds is 5. The molecule has 0 heterocycles. The van der Waals surface area contributed by atoms with E-state index >= 15 is 0 Å². The topological polar surface area (TPSA) is 21.3 Å². The van der Waals surface area contributed by atoms with Crippen LogP contribution in [0.2, 0.25) is 0 Å². The van der Waals surface area contributed by atoms with E-state index in [0.29, 0.717) is 22.8 Å². The van der Waals surface area contributed by atoms with Crippen molar-refractivity contribution in [2.45, 2.75) is 54.5 Å². The number of methoxy groups -OCH3 is 1. The molecule has 0 aromatic heterocycles. The van der Waals surface area contributed by atoms with Crippen LogP contribution in [-0.4, -0.2) is 13.7 Å². The Morgan fingerprint density at radius 3 is 2.10 bits per heavy atom. The fourth-order valence-corrected chi connectivity index (χ4v) is 4.08. The van der Waals surface area contributed by atoms with Crippen LogP contribution in [0.5, 0.6) is 5.75 Å². The Labute approximate surface area is 130 Å². The molecule has 2 rings (SSSR count). The molecule has 0 radical (unpaired) electrons. The molecule has 21 heavy (non-hydrogen) atoms. The minimum Gasteiger partial charge on any atom is -0.496 e. The summed E-state index contributed by atoms with van der Waals surface area (Å²) in [7, 11) is 1.75. The van der Waals surface area contributed by atoms with Crippen LogP contribution < -0.4 is 10.1 Å². The van der Waals surface area contributed by atoms with Gasteiger partial charge in [0.25, 0.3) is 0 Å². The third kappa shape index (κ3) is 2.48. The first kappa shape index (κ1) is 16.4. The predicted octanol–water partition coefficient (Wildman–Crippen LogP) is 4.64. The molecule has 1 aromatic rings. The summed E-state index contributed by atoms with van der Waals surface area (Å²) in [5, 5.41) is 3.74. The molecule has 0 bridgehead atoms. The number of nitrogens with one attached hydrogen (secondary N) is 1. The highest BCUT2D eigenvalue weighted by molar-refractivity contribution is 5.44. The summed E-state index contributed by atoms with van der Waals surface area (Å²) in [6, 6.07) is 4.91. The van der Waals surface area contributed by atoms with Gasteiger partial charge in [-0.2, -0.15) is 0 Å². The smallest absolute Gasteiger partial charge is 0.122 e. The van der Waals surface area contributed by atoms with Crippen LogP contribution in [0.15, 0.2) is 12.1 Å². The molecule has 0 amide bonds. The van der Waals surface area contributed by atoms with Crippen molar-refractivity contribution in [3.63, 3.8) is 0 Å². The zero-order valence-corrected chi connectivity index (χ0v) is 14.9. The molecule has 2 heteroatoms. The van der Waals surface area contributed by atoms with Crippen molar-refractivity contribution in [3.05, 3.63) is 28.8 Å². The van der Waals surface area contributed by atoms with Gasteiger partial charge in [-0.15, -0.1) is 0 Å². The Kier molecular flexibility index (Phi) is 4.14. The monoisotopic (exact) mass is 289 g/mol. The Balaban J connectivity index is 2.43. The average molecular weight is 289 g/mol. The Morgan fingerprint density at radius 2 is 1.67 bits per heavy atom. The van der Waals surface area contributed by atoms with Crippen molar-refractivity contribution in [2.75, 3.05) is 13.7 Å². The maximum atomic E-state index is 5.46. The van der Waals surface area contributed by atoms with E-state index in [9.17, 15) is 0 Å². The van der Waals surface area contributed by atoms with Gasteiger partial charge < -0.3 is 10.1 Å². The summed E-state index contributed by atoms with van der Waals surface area (Å²) in [4.78, 5) is 0. The van der Waals surface area contributed by atoms with Gasteiger partial charge in [0.05, 0.1) is 7.11 Å². The van der Waals surface area contributed by atoms with E-state index in [1.54, 1.807) is 7.11 Å². The summed E-state index contributed by atoms with van der Waals surface area (Å²) < 4.78 is 5.46. The first-order valence-corrected chi connectivity index (χ1v) is 8.07. The highest BCUT2D eigenvalue weighted by Crippen LogP contribution is 2.72. The average Bonchev–Trinajstić information content (AvgIpc) is 2.80. The zero-order valence-electron chi connectivity index (χ0n) is 14.9. The summed E-state index contributed by atoms with van der Waals surface area (Å²) in [5.74, 6) is 1.65. The molecule has 1 aromatic carbocycles. The highest BCUT2D eigenvalue weighted by Gasteiger charge is 2.67. The van der Waals surface area contributed by atoms with Crippen molar-refractivity contribution in [3.8, 4) is 5.75 Å². The number of aryl methyl sites for hydroxylation is 2. The molecule has 1 aliphatic rings. The maximum Gasteiger partial charge on any atom is 0.122 e. The van der Waals surface area contributed by atoms with E-state index in [2.05, 4.69) is 65.9 Å². The molecular weight excluding hydrogens is 258 g/mol. The minimum absolute atomic E-state index is 0.375. The summed E-state index contributed by atoms with van der Waals surface area (Å²) >= 11 is 0. The zero-order chi connectivity index (χ0) is 16.0. The van der Waals surface area contributed by atoms with E-state index in [1.165, 1.54) is 16.7 Å². The molecule has 118 valence electrons. The van der Waals surface area contributed by atoms with E-state index in [0.717, 1.165) is 12.3 Å². The second kappa shape index (κ2) is 5.31. The van der Waals surface area contributed by atoms with Crippen LogP contribution in [0.1, 0.15) is 57.4 Å². The lowest BCUT2D eigenvalue weighted by atomic mass is 9.91. The first-order valence-electron chi connectivity index (χ1n) is 8.07. The van der Waals surface area contributed by atoms with Gasteiger partial charge >= 0.3 is 0 Å². The van der Waals surface area contributed by atoms with Gasteiger partial charge in [-0.25, -0.2) is 0 Å². The van der Waals surface area contributed by atoms with Gasteiger partial charge in [-0.05, 0) is 59.9 Å². The maximum absolute atomic E-state index is 5.46. The minimum atomic E-state index is 0.375. The molecule has 1 saturated carbocycles. The van der Waals surface area contributed by atoms with E-state index in [4.69, 9.17) is 4.74 Å². The SMILES string of the molecule is CCNC(c1cc(C)c(OC)cc1C)C1C(C)(C)C1(C)C. The number of ether oxygens (including phenoxy) is 1. The molecule has 1 atom stereocenters. The predicted molar refractivity (Wildman–Crippen MR) is 89.9 cm³/mol. The van der Waals surface area contributed by atoms with Crippen LogP contribution in [-0.2, 0) is 0 Å². The lowest BCUT2D eigenvalue weighted by Crippen LogP contribution is -2.26. The van der Waals surface area contributed by atoms with Crippen molar-refractivity contribution in [1.82, 2.24) is 5.32 Å². The van der Waals surface area contributed by atoms with Crippen LogP contribution in [0.4, 0.5) is 0 Å². The molecule has 1 unspecified atom stereocenters. The standard InChI is InChI=1S/C19H31NO/c1-9-20-16(17-18(4,5)19(17,6)7)14-10-13(3)15(21-8)11-12(14)2/h10-11,16-17,20H,9H2,1-8H3. The van der Waals surface area contributed by atoms with Gasteiger partial charge in [-0.1, -0.05) is 40.7 Å². The third-order valence-corrected chi connectivity index (χ3v) is 6.01. The fourth-order valence-electron chi connectivity index (χ4n) is 4.08. The Morgan fingerprint density at radius 1 is 1.10 bits per heavy atom. The Bertz CT molecular complexity index is 517. The summed E-state index contributed by atoms with van der Waals surface area (Å²) in [6.45, 7) is 17.1. The molecule has 1 aliphatic carbocycles. The van der Waals surface area contributed by atoms with Gasteiger partial charge in [0.15, 0.2) is 0 Å². The van der Waals surface area contributed by atoms with Crippen LogP contribution in [0.3, 0.4) is 0 Å². The van der Waals surface area contributed by atoms with Crippen LogP contribution in [0.25, 0.3) is 0 Å². The summed E-state index contributed by atoms with van der Waals surface area (Å²) in [5.41, 5.74) is 4.72. The van der Waals surface area contributed by atoms with Gasteiger partial charge in [-0.3, -0.25) is 0 Å². The Hall–Kier alpha value is -1.02. The van der Waals surface area contributed by atoms with E-state index < -0.39 is 0 Å². The highest BCUT2D eigenvalue weighted by atomic mass is 16.5. The quantitative estimate of drug-likeness (QED) is 0.852. The normalized spacial score (nSPS) is 21.1. The largest absolute Gasteiger partial charge is 0.496 e. The second-order valence-corrected chi connectivity index (χ2v) is 7.63. The van der Waals surface area contributed by atoms with Gasteiger partial charge in [0.2, 0.25) is 0 Å².